The number of benzene rings is 3. The molecule has 2 aliphatic heterocycles. The molecule has 5 rings (SSSR count). The number of carbonyl (C=O) groups excluding carboxylic acids is 1. The fourth-order valence-corrected chi connectivity index (χ4v) is 8.27. The molecule has 0 saturated heterocycles. The summed E-state index contributed by atoms with van der Waals surface area (Å²) in [7, 11) is 5.77. The number of anilines is 2. The van der Waals surface area contributed by atoms with Gasteiger partial charge in [-0.3, -0.25) is 0 Å². The predicted octanol–water partition coefficient (Wildman–Crippen LogP) is 6.02. The standard InChI is InChI=1S/C27H26F4N2O2S/c1-7-36(6)18-12-14(32(2)3)8-10-16(18)27(17-11-9-15(33(4)5)13-19(17)36)21-20(26(34)35-27)22(28)24(30)25(31)23(21)29/h8-13H,7H2,1-6H3. The summed E-state index contributed by atoms with van der Waals surface area (Å²) in [6.45, 7) is 2.05. The van der Waals surface area contributed by atoms with E-state index < -0.39 is 56.0 Å². The zero-order chi connectivity index (χ0) is 26.3. The molecule has 2 heterocycles. The molecule has 0 bridgehead atoms. The fraction of sp³-hybridized carbons (Fsp3) is 0.296. The maximum atomic E-state index is 15.6. The second-order valence-corrected chi connectivity index (χ2v) is 13.2. The molecule has 0 aromatic heterocycles. The van der Waals surface area contributed by atoms with Gasteiger partial charge in [-0.15, -0.1) is 0 Å². The van der Waals surface area contributed by atoms with Crippen molar-refractivity contribution in [2.45, 2.75) is 22.3 Å². The Morgan fingerprint density at radius 2 is 1.28 bits per heavy atom. The van der Waals surface area contributed by atoms with Crippen molar-refractivity contribution in [3.63, 3.8) is 0 Å². The first-order valence-electron chi connectivity index (χ1n) is 11.4. The molecular weight excluding hydrogens is 492 g/mol. The van der Waals surface area contributed by atoms with Crippen molar-refractivity contribution in [3.8, 4) is 0 Å². The molecule has 0 unspecified atom stereocenters. The van der Waals surface area contributed by atoms with Crippen LogP contribution in [0.4, 0.5) is 28.9 Å². The van der Waals surface area contributed by atoms with E-state index >= 15 is 4.39 Å². The number of esters is 1. The number of ether oxygens (including phenoxy) is 1. The molecule has 9 heteroatoms. The van der Waals surface area contributed by atoms with Crippen LogP contribution in [-0.4, -0.2) is 46.2 Å². The minimum absolute atomic E-state index is 0.425. The Morgan fingerprint density at radius 3 is 1.72 bits per heavy atom. The average Bonchev–Trinajstić information content (AvgIpc) is 3.17. The van der Waals surface area contributed by atoms with Crippen molar-refractivity contribution in [3.05, 3.63) is 81.9 Å². The average molecular weight is 519 g/mol. The molecule has 0 fully saturated rings. The largest absolute Gasteiger partial charge is 0.440 e. The lowest BCUT2D eigenvalue weighted by atomic mass is 9.78. The minimum Gasteiger partial charge on any atom is -0.440 e. The van der Waals surface area contributed by atoms with E-state index in [1.54, 1.807) is 24.3 Å². The van der Waals surface area contributed by atoms with Gasteiger partial charge in [-0.2, -0.15) is 10.0 Å². The molecule has 0 radical (unpaired) electrons. The van der Waals surface area contributed by atoms with Crippen molar-refractivity contribution < 1.29 is 27.1 Å². The third kappa shape index (κ3) is 2.92. The summed E-state index contributed by atoms with van der Waals surface area (Å²) < 4.78 is 65.3. The van der Waals surface area contributed by atoms with E-state index in [-0.39, 0.29) is 0 Å². The summed E-state index contributed by atoms with van der Waals surface area (Å²) in [6, 6.07) is 10.9. The predicted molar refractivity (Wildman–Crippen MR) is 134 cm³/mol. The first-order chi connectivity index (χ1) is 16.9. The highest BCUT2D eigenvalue weighted by atomic mass is 32.3. The third-order valence-electron chi connectivity index (χ3n) is 7.34. The minimum atomic E-state index is -2.04. The smallest absolute Gasteiger partial charge is 0.343 e. The van der Waals surface area contributed by atoms with Gasteiger partial charge in [0.05, 0.1) is 5.56 Å². The van der Waals surface area contributed by atoms with Crippen LogP contribution in [0.1, 0.15) is 34.0 Å². The van der Waals surface area contributed by atoms with Gasteiger partial charge in [0.15, 0.2) is 28.9 Å². The maximum Gasteiger partial charge on any atom is 0.343 e. The van der Waals surface area contributed by atoms with Gasteiger partial charge in [0.2, 0.25) is 0 Å². The maximum absolute atomic E-state index is 15.6. The van der Waals surface area contributed by atoms with Gasteiger partial charge in [-0.1, -0.05) is 19.1 Å². The van der Waals surface area contributed by atoms with Gasteiger partial charge < -0.3 is 14.5 Å². The van der Waals surface area contributed by atoms with Crippen LogP contribution in [0.2, 0.25) is 0 Å². The van der Waals surface area contributed by atoms with Gasteiger partial charge in [0, 0.05) is 60.5 Å². The number of halogens is 4. The van der Waals surface area contributed by atoms with E-state index in [0.717, 1.165) is 21.2 Å². The van der Waals surface area contributed by atoms with Crippen LogP contribution in [0.5, 0.6) is 0 Å². The van der Waals surface area contributed by atoms with E-state index in [1.165, 1.54) is 0 Å². The summed E-state index contributed by atoms with van der Waals surface area (Å²) in [5.74, 6) is -7.91. The number of hydrogen-bond donors (Lipinski definition) is 0. The summed E-state index contributed by atoms with van der Waals surface area (Å²) >= 11 is 0. The van der Waals surface area contributed by atoms with Gasteiger partial charge >= 0.3 is 5.97 Å². The van der Waals surface area contributed by atoms with Gasteiger partial charge in [0.25, 0.3) is 0 Å². The third-order valence-corrected chi connectivity index (χ3v) is 11.1. The highest BCUT2D eigenvalue weighted by Gasteiger charge is 2.59. The Balaban J connectivity index is 2.00. The summed E-state index contributed by atoms with van der Waals surface area (Å²) in [5, 5.41) is 0. The van der Waals surface area contributed by atoms with E-state index in [1.807, 2.05) is 50.1 Å². The second-order valence-electron chi connectivity index (χ2n) is 9.60. The van der Waals surface area contributed by atoms with Crippen LogP contribution < -0.4 is 9.80 Å². The monoisotopic (exact) mass is 518 g/mol. The van der Waals surface area contributed by atoms with Crippen molar-refractivity contribution in [2.24, 2.45) is 0 Å². The molecule has 1 spiro atoms. The van der Waals surface area contributed by atoms with E-state index in [0.29, 0.717) is 16.9 Å². The number of hydrogen-bond acceptors (Lipinski definition) is 4. The number of nitrogens with zero attached hydrogens (tertiary/aromatic N) is 2. The highest BCUT2D eigenvalue weighted by Crippen LogP contribution is 2.71. The zero-order valence-electron chi connectivity index (χ0n) is 20.8. The Kier molecular flexibility index (Phi) is 5.37. The van der Waals surface area contributed by atoms with Gasteiger partial charge in [-0.25, -0.2) is 22.4 Å². The molecular formula is C27H26F4N2O2S. The Hall–Kier alpha value is -3.20. The van der Waals surface area contributed by atoms with Crippen LogP contribution in [0, 0.1) is 23.3 Å². The number of rotatable bonds is 3. The first-order valence-corrected chi connectivity index (χ1v) is 13.6. The second kappa shape index (κ2) is 7.90. The van der Waals surface area contributed by atoms with Gasteiger partial charge in [0.1, 0.15) is 5.56 Å². The van der Waals surface area contributed by atoms with Crippen LogP contribution >= 0.6 is 10.0 Å². The number of fused-ring (bicyclic) bond motifs is 6. The molecule has 36 heavy (non-hydrogen) atoms. The van der Waals surface area contributed by atoms with Crippen molar-refractivity contribution in [2.75, 3.05) is 50.0 Å². The van der Waals surface area contributed by atoms with Gasteiger partial charge in [-0.05, 0) is 36.3 Å². The van der Waals surface area contributed by atoms with Crippen LogP contribution in [0.3, 0.4) is 0 Å². The first kappa shape index (κ1) is 24.5. The normalized spacial score (nSPS) is 23.4. The topological polar surface area (TPSA) is 32.8 Å². The molecule has 0 saturated carbocycles. The molecule has 3 aromatic rings. The molecule has 0 N–H and O–H groups in total. The molecule has 2 aliphatic rings. The lowest BCUT2D eigenvalue weighted by Crippen LogP contribution is -2.37. The lowest BCUT2D eigenvalue weighted by molar-refractivity contribution is 0.0222. The molecule has 0 atom stereocenters. The zero-order valence-corrected chi connectivity index (χ0v) is 21.6. The van der Waals surface area contributed by atoms with Crippen LogP contribution in [-0.2, 0) is 10.3 Å². The van der Waals surface area contributed by atoms with Crippen LogP contribution in [0.25, 0.3) is 0 Å². The fourth-order valence-electron chi connectivity index (χ4n) is 5.25. The SMILES string of the molecule is CCS1(C)c2cc(N(C)C)ccc2C2(OC(=O)c3c(F)c(F)c(F)c(F)c32)c2ccc(N(C)C)cc21. The summed E-state index contributed by atoms with van der Waals surface area (Å²) in [4.78, 5) is 18.5. The van der Waals surface area contributed by atoms with E-state index in [9.17, 15) is 18.0 Å². The Labute approximate surface area is 208 Å². The van der Waals surface area contributed by atoms with E-state index in [4.69, 9.17) is 4.74 Å². The van der Waals surface area contributed by atoms with Crippen molar-refractivity contribution >= 4 is 27.4 Å². The van der Waals surface area contributed by atoms with Crippen LogP contribution in [0.15, 0.2) is 46.2 Å². The summed E-state index contributed by atoms with van der Waals surface area (Å²) in [5.41, 5.74) is -0.920. The lowest BCUT2D eigenvalue weighted by Gasteiger charge is -2.49. The van der Waals surface area contributed by atoms with Crippen molar-refractivity contribution in [1.82, 2.24) is 0 Å². The van der Waals surface area contributed by atoms with E-state index in [2.05, 4.69) is 13.2 Å². The molecule has 190 valence electrons. The number of carbonyl (C=O) groups is 1. The summed E-state index contributed by atoms with van der Waals surface area (Å²) in [6.07, 6.45) is 2.12. The highest BCUT2D eigenvalue weighted by molar-refractivity contribution is 8.33. The Bertz CT molecular complexity index is 1390. The van der Waals surface area contributed by atoms with Crippen molar-refractivity contribution in [1.29, 1.82) is 0 Å². The molecule has 0 aliphatic carbocycles. The molecule has 3 aromatic carbocycles. The Morgan fingerprint density at radius 1 is 0.806 bits per heavy atom. The quantitative estimate of drug-likeness (QED) is 0.184. The molecule has 0 amide bonds. The molecule has 4 nitrogen and oxygen atoms in total.